The van der Waals surface area contributed by atoms with Gasteiger partial charge in [0, 0.05) is 30.5 Å². The van der Waals surface area contributed by atoms with E-state index in [0.717, 1.165) is 23.7 Å². The average molecular weight is 260 g/mol. The molecule has 18 heavy (non-hydrogen) atoms. The number of nitrogens with zero attached hydrogens (tertiary/aromatic N) is 4. The quantitative estimate of drug-likeness (QED) is 0.720. The number of anilines is 1. The van der Waals surface area contributed by atoms with E-state index in [9.17, 15) is 0 Å². The number of benzene rings is 1. The van der Waals surface area contributed by atoms with E-state index in [-0.39, 0.29) is 0 Å². The smallest absolute Gasteiger partial charge is 0.227 e. The van der Waals surface area contributed by atoms with E-state index in [4.69, 9.17) is 4.42 Å². The van der Waals surface area contributed by atoms with E-state index >= 15 is 0 Å². The van der Waals surface area contributed by atoms with Crippen molar-refractivity contribution in [3.63, 3.8) is 0 Å². The minimum Gasteiger partial charge on any atom is -0.464 e. The van der Waals surface area contributed by atoms with Crippen molar-refractivity contribution in [1.29, 1.82) is 0 Å². The normalized spacial score (nSPS) is 10.9. The molecule has 0 bridgehead atoms. The number of hydrogen-bond donors (Lipinski definition) is 0. The average Bonchev–Trinajstić information content (AvgIpc) is 3.06. The Morgan fingerprint density at radius 1 is 1.33 bits per heavy atom. The Morgan fingerprint density at radius 2 is 2.22 bits per heavy atom. The molecule has 1 aromatic carbocycles. The predicted molar refractivity (Wildman–Crippen MR) is 70.9 cm³/mol. The lowest BCUT2D eigenvalue weighted by Crippen LogP contribution is -2.19. The monoisotopic (exact) mass is 260 g/mol. The molecule has 2 aromatic heterocycles. The number of fused-ring (bicyclic) bond motifs is 1. The number of likely N-dealkylation sites (N-methyl/N-ethyl adjacent to an activating group) is 1. The van der Waals surface area contributed by atoms with Gasteiger partial charge in [0.05, 0.1) is 6.26 Å². The molecule has 0 spiro atoms. The highest BCUT2D eigenvalue weighted by Crippen LogP contribution is 2.21. The first-order valence-corrected chi connectivity index (χ1v) is 6.43. The third kappa shape index (κ3) is 2.06. The van der Waals surface area contributed by atoms with E-state index in [2.05, 4.69) is 20.9 Å². The highest BCUT2D eigenvalue weighted by atomic mass is 32.1. The lowest BCUT2D eigenvalue weighted by Gasteiger charge is -2.13. The van der Waals surface area contributed by atoms with Crippen molar-refractivity contribution < 1.29 is 4.42 Å². The maximum absolute atomic E-state index is 5.52. The van der Waals surface area contributed by atoms with Crippen molar-refractivity contribution in [2.45, 2.75) is 6.42 Å². The van der Waals surface area contributed by atoms with Gasteiger partial charge in [-0.3, -0.25) is 0 Å². The molecule has 0 atom stereocenters. The summed E-state index contributed by atoms with van der Waals surface area (Å²) >= 11 is 1.30. The van der Waals surface area contributed by atoms with Crippen LogP contribution in [0.1, 0.15) is 5.56 Å². The van der Waals surface area contributed by atoms with E-state index in [1.807, 2.05) is 36.4 Å². The first-order chi connectivity index (χ1) is 8.84. The number of para-hydroxylation sites is 1. The molecular weight excluding hydrogens is 248 g/mol. The zero-order chi connectivity index (χ0) is 12.4. The van der Waals surface area contributed by atoms with Gasteiger partial charge < -0.3 is 9.32 Å². The van der Waals surface area contributed by atoms with Crippen LogP contribution in [0.25, 0.3) is 11.0 Å². The molecule has 3 rings (SSSR count). The Hall–Kier alpha value is -1.95. The second-order valence-corrected chi connectivity index (χ2v) is 4.78. The van der Waals surface area contributed by atoms with Crippen molar-refractivity contribution >= 4 is 27.6 Å². The van der Waals surface area contributed by atoms with Crippen molar-refractivity contribution in [2.75, 3.05) is 18.5 Å². The predicted octanol–water partition coefficient (Wildman–Crippen LogP) is 2.36. The van der Waals surface area contributed by atoms with Gasteiger partial charge in [0.15, 0.2) is 0 Å². The number of rotatable bonds is 4. The number of hydrogen-bond acceptors (Lipinski definition) is 6. The molecule has 2 heterocycles. The third-order valence-electron chi connectivity index (χ3n) is 2.89. The van der Waals surface area contributed by atoms with Crippen LogP contribution in [0.2, 0.25) is 0 Å². The molecule has 92 valence electrons. The Labute approximate surface area is 108 Å². The summed E-state index contributed by atoms with van der Waals surface area (Å²) in [5, 5.41) is 9.55. The maximum Gasteiger partial charge on any atom is 0.227 e. The second kappa shape index (κ2) is 4.73. The molecule has 0 aliphatic carbocycles. The summed E-state index contributed by atoms with van der Waals surface area (Å²) in [6.45, 7) is 0.862. The second-order valence-electron chi connectivity index (χ2n) is 4.07. The van der Waals surface area contributed by atoms with Crippen LogP contribution in [-0.2, 0) is 6.42 Å². The van der Waals surface area contributed by atoms with E-state index < -0.39 is 0 Å². The Balaban J connectivity index is 1.73. The van der Waals surface area contributed by atoms with Gasteiger partial charge in [-0.2, -0.15) is 0 Å². The maximum atomic E-state index is 5.52. The van der Waals surface area contributed by atoms with Crippen LogP contribution in [0.5, 0.6) is 0 Å². The first kappa shape index (κ1) is 11.2. The summed E-state index contributed by atoms with van der Waals surface area (Å²) < 4.78 is 9.27. The largest absolute Gasteiger partial charge is 0.464 e. The van der Waals surface area contributed by atoms with Gasteiger partial charge in [-0.1, -0.05) is 27.8 Å². The molecule has 0 unspecified atom stereocenters. The molecule has 6 heteroatoms. The standard InChI is InChI=1S/C12H12N4OS/c1-16(12-13-14-15-18-12)7-6-9-8-17-11-5-3-2-4-10(9)11/h2-5,8H,6-7H2,1H3. The summed E-state index contributed by atoms with van der Waals surface area (Å²) in [6.07, 6.45) is 2.74. The molecule has 0 radical (unpaired) electrons. The number of aromatic nitrogens is 3. The van der Waals surface area contributed by atoms with Gasteiger partial charge in [-0.15, -0.1) is 0 Å². The van der Waals surface area contributed by atoms with Gasteiger partial charge in [0.2, 0.25) is 5.13 Å². The molecule has 0 aliphatic heterocycles. The third-order valence-corrected chi connectivity index (χ3v) is 3.60. The van der Waals surface area contributed by atoms with Crippen molar-refractivity contribution in [3.8, 4) is 0 Å². The molecule has 0 N–H and O–H groups in total. The molecule has 3 aromatic rings. The van der Waals surface area contributed by atoms with Crippen LogP contribution < -0.4 is 4.90 Å². The topological polar surface area (TPSA) is 55.1 Å². The summed E-state index contributed by atoms with van der Waals surface area (Å²) in [5.41, 5.74) is 2.16. The van der Waals surface area contributed by atoms with Gasteiger partial charge in [-0.25, -0.2) is 0 Å². The molecule has 0 amide bonds. The first-order valence-electron chi connectivity index (χ1n) is 5.66. The van der Waals surface area contributed by atoms with Crippen molar-refractivity contribution in [1.82, 2.24) is 14.8 Å². The molecule has 0 saturated carbocycles. The molecule has 5 nitrogen and oxygen atoms in total. The van der Waals surface area contributed by atoms with Gasteiger partial charge in [0.1, 0.15) is 5.58 Å². The Bertz CT molecular complexity index is 634. The summed E-state index contributed by atoms with van der Waals surface area (Å²) in [5.74, 6) is 0. The van der Waals surface area contributed by atoms with Gasteiger partial charge in [-0.05, 0) is 23.3 Å². The molecule has 0 aliphatic rings. The zero-order valence-electron chi connectivity index (χ0n) is 9.91. The highest BCUT2D eigenvalue weighted by Gasteiger charge is 2.09. The van der Waals surface area contributed by atoms with Gasteiger partial charge >= 0.3 is 0 Å². The van der Waals surface area contributed by atoms with Crippen LogP contribution in [0.4, 0.5) is 5.13 Å². The van der Waals surface area contributed by atoms with Crippen LogP contribution >= 0.6 is 11.5 Å². The fourth-order valence-corrected chi connectivity index (χ4v) is 2.34. The van der Waals surface area contributed by atoms with E-state index in [1.165, 1.54) is 22.5 Å². The highest BCUT2D eigenvalue weighted by molar-refractivity contribution is 7.09. The minimum absolute atomic E-state index is 0.836. The van der Waals surface area contributed by atoms with Gasteiger partial charge in [0.25, 0.3) is 0 Å². The van der Waals surface area contributed by atoms with E-state index in [1.54, 1.807) is 0 Å². The minimum atomic E-state index is 0.836. The zero-order valence-corrected chi connectivity index (χ0v) is 10.7. The molecular formula is C12H12N4OS. The lowest BCUT2D eigenvalue weighted by molar-refractivity contribution is 0.610. The van der Waals surface area contributed by atoms with E-state index in [0.29, 0.717) is 0 Å². The molecule has 0 saturated heterocycles. The van der Waals surface area contributed by atoms with Crippen LogP contribution in [0, 0.1) is 0 Å². The SMILES string of the molecule is CN(CCc1coc2ccccc12)c1nnns1. The van der Waals surface area contributed by atoms with Crippen molar-refractivity contribution in [2.24, 2.45) is 0 Å². The Kier molecular flexibility index (Phi) is 2.93. The summed E-state index contributed by atoms with van der Waals surface area (Å²) in [4.78, 5) is 2.05. The van der Waals surface area contributed by atoms with Crippen LogP contribution in [0.15, 0.2) is 34.9 Å². The fraction of sp³-hybridized carbons (Fsp3) is 0.250. The number of furan rings is 1. The fourth-order valence-electron chi connectivity index (χ4n) is 1.89. The van der Waals surface area contributed by atoms with Crippen LogP contribution in [0.3, 0.4) is 0 Å². The summed E-state index contributed by atoms with van der Waals surface area (Å²) in [7, 11) is 1.99. The Morgan fingerprint density at radius 3 is 3.06 bits per heavy atom. The molecule has 0 fully saturated rings. The van der Waals surface area contributed by atoms with Crippen molar-refractivity contribution in [3.05, 3.63) is 36.1 Å². The van der Waals surface area contributed by atoms with Crippen LogP contribution in [-0.4, -0.2) is 28.4 Å². The summed E-state index contributed by atoms with van der Waals surface area (Å²) in [6, 6.07) is 8.08. The lowest BCUT2D eigenvalue weighted by atomic mass is 10.1.